The van der Waals surface area contributed by atoms with E-state index in [1.807, 2.05) is 43.0 Å². The maximum atomic E-state index is 12.5. The molecule has 2 aromatic carbocycles. The number of carbonyl (C=O) groups excluding carboxylic acids is 1. The topological polar surface area (TPSA) is 59.2 Å². The highest BCUT2D eigenvalue weighted by Crippen LogP contribution is 2.33. The fraction of sp³-hybridized carbons (Fsp3) is 0.250. The molecule has 0 bridgehead atoms. The number of benzene rings is 2. The highest BCUT2D eigenvalue weighted by atomic mass is 35.5. The molecule has 0 radical (unpaired) electrons. The zero-order chi connectivity index (χ0) is 18.3. The lowest BCUT2D eigenvalue weighted by molar-refractivity contribution is -0.117. The zero-order valence-corrected chi connectivity index (χ0v) is 15.3. The molecule has 0 N–H and O–H groups in total. The Kier molecular flexibility index (Phi) is 4.24. The first-order chi connectivity index (χ1) is 12.5. The van der Waals surface area contributed by atoms with Crippen molar-refractivity contribution in [3.8, 4) is 11.4 Å². The van der Waals surface area contributed by atoms with Crippen molar-refractivity contribution in [2.45, 2.75) is 26.2 Å². The molecule has 5 nitrogen and oxygen atoms in total. The summed E-state index contributed by atoms with van der Waals surface area (Å²) in [6.45, 7) is 4.61. The Hall–Kier alpha value is -2.66. The van der Waals surface area contributed by atoms with Gasteiger partial charge in [-0.15, -0.1) is 0 Å². The molecule has 0 saturated carbocycles. The van der Waals surface area contributed by atoms with Gasteiger partial charge in [0.1, 0.15) is 0 Å². The predicted molar refractivity (Wildman–Crippen MR) is 100 cm³/mol. The number of aryl methyl sites for hydroxylation is 2. The Balaban J connectivity index is 1.58. The summed E-state index contributed by atoms with van der Waals surface area (Å²) in [4.78, 5) is 18.8. The van der Waals surface area contributed by atoms with E-state index >= 15 is 0 Å². The van der Waals surface area contributed by atoms with Gasteiger partial charge < -0.3 is 9.42 Å². The van der Waals surface area contributed by atoms with Crippen molar-refractivity contribution in [3.63, 3.8) is 0 Å². The molecule has 0 spiro atoms. The van der Waals surface area contributed by atoms with Crippen LogP contribution < -0.4 is 4.90 Å². The normalized spacial score (nSPS) is 17.1. The van der Waals surface area contributed by atoms with Gasteiger partial charge in [-0.25, -0.2) is 0 Å². The fourth-order valence-corrected chi connectivity index (χ4v) is 3.55. The molecule has 1 aliphatic heterocycles. The van der Waals surface area contributed by atoms with Crippen molar-refractivity contribution in [1.82, 2.24) is 10.1 Å². The molecule has 1 aromatic heterocycles. The molecule has 1 aliphatic rings. The molecule has 2 heterocycles. The molecule has 132 valence electrons. The van der Waals surface area contributed by atoms with Gasteiger partial charge in [-0.1, -0.05) is 46.6 Å². The number of rotatable bonds is 3. The number of aromatic nitrogens is 2. The van der Waals surface area contributed by atoms with E-state index in [4.69, 9.17) is 16.1 Å². The number of amides is 1. The van der Waals surface area contributed by atoms with Crippen LogP contribution in [0.1, 0.15) is 29.4 Å². The van der Waals surface area contributed by atoms with Gasteiger partial charge in [-0.3, -0.25) is 4.79 Å². The minimum Gasteiger partial charge on any atom is -0.339 e. The van der Waals surface area contributed by atoms with Gasteiger partial charge in [0, 0.05) is 29.2 Å². The number of hydrogen-bond donors (Lipinski definition) is 0. The minimum atomic E-state index is -0.108. The van der Waals surface area contributed by atoms with Crippen molar-refractivity contribution in [1.29, 1.82) is 0 Å². The molecule has 1 atom stereocenters. The fourth-order valence-electron chi connectivity index (χ4n) is 3.36. The van der Waals surface area contributed by atoms with Gasteiger partial charge in [-0.05, 0) is 37.6 Å². The van der Waals surface area contributed by atoms with E-state index in [0.29, 0.717) is 29.7 Å². The molecular formula is C20H18ClN3O2. The lowest BCUT2D eigenvalue weighted by atomic mass is 10.1. The van der Waals surface area contributed by atoms with Crippen molar-refractivity contribution >= 4 is 23.2 Å². The SMILES string of the molecule is Cc1ccc(N2C[C@@H](c3nc(-c4cccc(Cl)c4)no3)CC2=O)c(C)c1. The van der Waals surface area contributed by atoms with Gasteiger partial charge >= 0.3 is 0 Å². The summed E-state index contributed by atoms with van der Waals surface area (Å²) in [5.74, 6) is 0.939. The number of anilines is 1. The first-order valence-electron chi connectivity index (χ1n) is 8.48. The van der Waals surface area contributed by atoms with Crippen LogP contribution in [0.15, 0.2) is 47.0 Å². The van der Waals surface area contributed by atoms with E-state index < -0.39 is 0 Å². The number of hydrogen-bond acceptors (Lipinski definition) is 4. The maximum absolute atomic E-state index is 12.5. The molecule has 6 heteroatoms. The van der Waals surface area contributed by atoms with Crippen LogP contribution in [0.3, 0.4) is 0 Å². The molecule has 1 fully saturated rings. The van der Waals surface area contributed by atoms with Crippen LogP contribution in [0.25, 0.3) is 11.4 Å². The number of carbonyl (C=O) groups is 1. The number of halogens is 1. The predicted octanol–water partition coefficient (Wildman–Crippen LogP) is 4.53. The highest BCUT2D eigenvalue weighted by molar-refractivity contribution is 6.30. The summed E-state index contributed by atoms with van der Waals surface area (Å²) in [7, 11) is 0. The van der Waals surface area contributed by atoms with E-state index in [0.717, 1.165) is 16.8 Å². The van der Waals surface area contributed by atoms with Crippen LogP contribution in [0.5, 0.6) is 0 Å². The lowest BCUT2D eigenvalue weighted by Crippen LogP contribution is -2.25. The van der Waals surface area contributed by atoms with Crippen LogP contribution >= 0.6 is 11.6 Å². The summed E-state index contributed by atoms with van der Waals surface area (Å²) in [6, 6.07) is 13.4. The third-order valence-corrected chi connectivity index (χ3v) is 4.88. The first-order valence-corrected chi connectivity index (χ1v) is 8.86. The van der Waals surface area contributed by atoms with Crippen LogP contribution in [-0.2, 0) is 4.79 Å². The summed E-state index contributed by atoms with van der Waals surface area (Å²) < 4.78 is 5.44. The van der Waals surface area contributed by atoms with Crippen LogP contribution in [0.2, 0.25) is 5.02 Å². The summed E-state index contributed by atoms with van der Waals surface area (Å²) in [6.07, 6.45) is 0.366. The van der Waals surface area contributed by atoms with Crippen molar-refractivity contribution in [2.75, 3.05) is 11.4 Å². The van der Waals surface area contributed by atoms with Crippen LogP contribution in [-0.4, -0.2) is 22.6 Å². The van der Waals surface area contributed by atoms with Gasteiger partial charge in [0.25, 0.3) is 0 Å². The van der Waals surface area contributed by atoms with Crippen LogP contribution in [0.4, 0.5) is 5.69 Å². The largest absolute Gasteiger partial charge is 0.339 e. The molecule has 3 aromatic rings. The Morgan fingerprint density at radius 1 is 1.19 bits per heavy atom. The second kappa shape index (κ2) is 6.57. The molecule has 0 aliphatic carbocycles. The van der Waals surface area contributed by atoms with Gasteiger partial charge in [0.15, 0.2) is 0 Å². The molecule has 4 rings (SSSR count). The number of nitrogens with zero attached hydrogens (tertiary/aromatic N) is 3. The quantitative estimate of drug-likeness (QED) is 0.682. The first kappa shape index (κ1) is 16.8. The van der Waals surface area contributed by atoms with Gasteiger partial charge in [0.05, 0.1) is 5.92 Å². The molecule has 1 amide bonds. The Labute approximate surface area is 156 Å². The molecule has 26 heavy (non-hydrogen) atoms. The van der Waals surface area contributed by atoms with Crippen molar-refractivity contribution in [2.24, 2.45) is 0 Å². The monoisotopic (exact) mass is 367 g/mol. The minimum absolute atomic E-state index is 0.0736. The average Bonchev–Trinajstić information content (AvgIpc) is 3.22. The maximum Gasteiger partial charge on any atom is 0.232 e. The zero-order valence-electron chi connectivity index (χ0n) is 14.6. The summed E-state index contributed by atoms with van der Waals surface area (Å²) >= 11 is 6.02. The van der Waals surface area contributed by atoms with E-state index in [-0.39, 0.29) is 11.8 Å². The Morgan fingerprint density at radius 3 is 2.81 bits per heavy atom. The van der Waals surface area contributed by atoms with Gasteiger partial charge in [-0.2, -0.15) is 4.98 Å². The Morgan fingerprint density at radius 2 is 2.04 bits per heavy atom. The standard InChI is InChI=1S/C20H18ClN3O2/c1-12-6-7-17(13(2)8-12)24-11-15(10-18(24)25)20-22-19(23-26-20)14-4-3-5-16(21)9-14/h3-9,15H,10-11H2,1-2H3/t15-/m0/s1. The van der Waals surface area contributed by atoms with Crippen molar-refractivity contribution in [3.05, 3.63) is 64.5 Å². The van der Waals surface area contributed by atoms with E-state index in [1.54, 1.807) is 12.1 Å². The summed E-state index contributed by atoms with van der Waals surface area (Å²) in [5, 5.41) is 4.67. The van der Waals surface area contributed by atoms with Gasteiger partial charge in [0.2, 0.25) is 17.6 Å². The Bertz CT molecular complexity index is 983. The van der Waals surface area contributed by atoms with Crippen LogP contribution in [0, 0.1) is 13.8 Å². The molecule has 1 saturated heterocycles. The lowest BCUT2D eigenvalue weighted by Gasteiger charge is -2.19. The molecular weight excluding hydrogens is 350 g/mol. The van der Waals surface area contributed by atoms with Crippen molar-refractivity contribution < 1.29 is 9.32 Å². The second-order valence-corrected chi connectivity index (χ2v) is 7.10. The average molecular weight is 368 g/mol. The highest BCUT2D eigenvalue weighted by Gasteiger charge is 2.35. The third-order valence-electron chi connectivity index (χ3n) is 4.64. The van der Waals surface area contributed by atoms with E-state index in [2.05, 4.69) is 16.2 Å². The third kappa shape index (κ3) is 3.10. The smallest absolute Gasteiger partial charge is 0.232 e. The molecule has 0 unspecified atom stereocenters. The van der Waals surface area contributed by atoms with E-state index in [9.17, 15) is 4.79 Å². The second-order valence-electron chi connectivity index (χ2n) is 6.66. The van der Waals surface area contributed by atoms with E-state index in [1.165, 1.54) is 5.56 Å². The summed E-state index contributed by atoms with van der Waals surface area (Å²) in [5.41, 5.74) is 4.00.